The lowest BCUT2D eigenvalue weighted by molar-refractivity contribution is -0.136. The molecule has 0 unspecified atom stereocenters. The molecular formula is C17H18N2O4. The van der Waals surface area contributed by atoms with E-state index in [9.17, 15) is 14.7 Å². The molecule has 6 heteroatoms. The van der Waals surface area contributed by atoms with Crippen molar-refractivity contribution in [3.8, 4) is 11.5 Å². The number of phenolic OH excluding ortho intramolecular Hbond substituents is 1. The maximum atomic E-state index is 11.9. The lowest BCUT2D eigenvalue weighted by Crippen LogP contribution is -2.35. The highest BCUT2D eigenvalue weighted by Gasteiger charge is 2.15. The number of hydrogen-bond donors (Lipinski definition) is 3. The van der Waals surface area contributed by atoms with Gasteiger partial charge >= 0.3 is 11.8 Å². The Kier molecular flexibility index (Phi) is 5.19. The number of carbonyl (C=O) groups excluding carboxylic acids is 2. The van der Waals surface area contributed by atoms with Gasteiger partial charge in [-0.1, -0.05) is 18.2 Å². The van der Waals surface area contributed by atoms with E-state index in [1.54, 1.807) is 26.2 Å². The fourth-order valence-corrected chi connectivity index (χ4v) is 2.07. The summed E-state index contributed by atoms with van der Waals surface area (Å²) < 4.78 is 5.19. The van der Waals surface area contributed by atoms with Crippen molar-refractivity contribution >= 4 is 17.5 Å². The van der Waals surface area contributed by atoms with Crippen LogP contribution in [0.5, 0.6) is 11.5 Å². The Morgan fingerprint density at radius 1 is 1.13 bits per heavy atom. The predicted molar refractivity (Wildman–Crippen MR) is 86.3 cm³/mol. The first-order chi connectivity index (χ1) is 11.0. The second kappa shape index (κ2) is 7.31. The van der Waals surface area contributed by atoms with Crippen LogP contribution in [0.3, 0.4) is 0 Å². The summed E-state index contributed by atoms with van der Waals surface area (Å²) in [6.07, 6.45) is 0. The maximum Gasteiger partial charge on any atom is 0.313 e. The second-order valence-electron chi connectivity index (χ2n) is 4.95. The summed E-state index contributed by atoms with van der Waals surface area (Å²) in [6.45, 7) is 1.91. The molecule has 0 saturated carbocycles. The van der Waals surface area contributed by atoms with Crippen molar-refractivity contribution in [3.05, 3.63) is 53.6 Å². The lowest BCUT2D eigenvalue weighted by atomic mass is 10.2. The number of ether oxygens (including phenoxy) is 1. The predicted octanol–water partition coefficient (Wildman–Crippen LogP) is 1.96. The minimum absolute atomic E-state index is 0.0983. The molecule has 0 radical (unpaired) electrons. The average Bonchev–Trinajstić information content (AvgIpc) is 2.55. The standard InChI is InChI=1S/C17H18N2O4/c1-11-9-13(20)7-8-14(11)19-17(22)16(21)18-10-12-5-3-4-6-15(12)23-2/h3-9,20H,10H2,1-2H3,(H,18,21)(H,19,22). The van der Waals surface area contributed by atoms with Gasteiger partial charge in [0.2, 0.25) is 0 Å². The van der Waals surface area contributed by atoms with Crippen LogP contribution in [0.1, 0.15) is 11.1 Å². The third-order valence-corrected chi connectivity index (χ3v) is 3.30. The number of hydrogen-bond acceptors (Lipinski definition) is 4. The number of carbonyl (C=O) groups is 2. The van der Waals surface area contributed by atoms with Gasteiger partial charge in [0.1, 0.15) is 11.5 Å². The van der Waals surface area contributed by atoms with Gasteiger partial charge in [-0.3, -0.25) is 9.59 Å². The Bertz CT molecular complexity index is 728. The summed E-state index contributed by atoms with van der Waals surface area (Å²) in [7, 11) is 1.54. The molecule has 6 nitrogen and oxygen atoms in total. The van der Waals surface area contributed by atoms with Crippen LogP contribution in [-0.2, 0) is 16.1 Å². The maximum absolute atomic E-state index is 11.9. The van der Waals surface area contributed by atoms with E-state index in [0.29, 0.717) is 17.0 Å². The molecule has 0 aliphatic carbocycles. The van der Waals surface area contributed by atoms with Gasteiger partial charge in [0.15, 0.2) is 0 Å². The summed E-state index contributed by atoms with van der Waals surface area (Å²) in [5.74, 6) is -0.777. The number of benzene rings is 2. The number of aryl methyl sites for hydroxylation is 1. The third-order valence-electron chi connectivity index (χ3n) is 3.30. The summed E-state index contributed by atoms with van der Waals surface area (Å²) >= 11 is 0. The number of anilines is 1. The molecule has 0 bridgehead atoms. The Labute approximate surface area is 134 Å². The molecule has 0 aliphatic rings. The van der Waals surface area contributed by atoms with Crippen molar-refractivity contribution in [2.45, 2.75) is 13.5 Å². The van der Waals surface area contributed by atoms with Gasteiger partial charge in [-0.2, -0.15) is 0 Å². The molecule has 23 heavy (non-hydrogen) atoms. The first-order valence-corrected chi connectivity index (χ1v) is 7.02. The van der Waals surface area contributed by atoms with Crippen molar-refractivity contribution < 1.29 is 19.4 Å². The molecule has 2 aromatic carbocycles. The van der Waals surface area contributed by atoms with Crippen LogP contribution in [0, 0.1) is 6.92 Å². The number of rotatable bonds is 4. The average molecular weight is 314 g/mol. The largest absolute Gasteiger partial charge is 0.508 e. The Morgan fingerprint density at radius 3 is 2.57 bits per heavy atom. The number of para-hydroxylation sites is 1. The van der Waals surface area contributed by atoms with Crippen molar-refractivity contribution in [3.63, 3.8) is 0 Å². The molecule has 2 amide bonds. The molecule has 0 saturated heterocycles. The van der Waals surface area contributed by atoms with Crippen LogP contribution in [0.4, 0.5) is 5.69 Å². The number of amides is 2. The van der Waals surface area contributed by atoms with Crippen molar-refractivity contribution in [1.82, 2.24) is 5.32 Å². The smallest absolute Gasteiger partial charge is 0.313 e. The van der Waals surface area contributed by atoms with Gasteiger partial charge in [-0.15, -0.1) is 0 Å². The zero-order valence-corrected chi connectivity index (χ0v) is 12.9. The van der Waals surface area contributed by atoms with Gasteiger partial charge in [0.25, 0.3) is 0 Å². The fraction of sp³-hybridized carbons (Fsp3) is 0.176. The molecule has 2 aromatic rings. The van der Waals surface area contributed by atoms with Gasteiger partial charge < -0.3 is 20.5 Å². The zero-order chi connectivity index (χ0) is 16.8. The van der Waals surface area contributed by atoms with Crippen LogP contribution >= 0.6 is 0 Å². The van der Waals surface area contributed by atoms with Crippen molar-refractivity contribution in [1.29, 1.82) is 0 Å². The van der Waals surface area contributed by atoms with Crippen LogP contribution in [0.15, 0.2) is 42.5 Å². The summed E-state index contributed by atoms with van der Waals surface area (Å²) in [6, 6.07) is 11.7. The molecule has 0 heterocycles. The molecule has 0 atom stereocenters. The van der Waals surface area contributed by atoms with E-state index in [-0.39, 0.29) is 12.3 Å². The van der Waals surface area contributed by atoms with Crippen LogP contribution in [0.2, 0.25) is 0 Å². The normalized spacial score (nSPS) is 10.0. The van der Waals surface area contributed by atoms with Gasteiger partial charge in [-0.05, 0) is 36.8 Å². The Morgan fingerprint density at radius 2 is 1.87 bits per heavy atom. The number of nitrogens with one attached hydrogen (secondary N) is 2. The molecule has 3 N–H and O–H groups in total. The molecule has 0 aliphatic heterocycles. The van der Waals surface area contributed by atoms with Crippen LogP contribution in [0.25, 0.3) is 0 Å². The fourth-order valence-electron chi connectivity index (χ4n) is 2.07. The topological polar surface area (TPSA) is 87.7 Å². The molecule has 0 spiro atoms. The van der Waals surface area contributed by atoms with E-state index in [2.05, 4.69) is 10.6 Å². The molecule has 0 aromatic heterocycles. The minimum Gasteiger partial charge on any atom is -0.508 e. The lowest BCUT2D eigenvalue weighted by Gasteiger charge is -2.11. The van der Waals surface area contributed by atoms with Gasteiger partial charge in [0.05, 0.1) is 7.11 Å². The van der Waals surface area contributed by atoms with E-state index in [1.165, 1.54) is 18.2 Å². The van der Waals surface area contributed by atoms with Crippen LogP contribution < -0.4 is 15.4 Å². The van der Waals surface area contributed by atoms with E-state index < -0.39 is 11.8 Å². The Balaban J connectivity index is 1.96. The molecular weight excluding hydrogens is 296 g/mol. The monoisotopic (exact) mass is 314 g/mol. The molecule has 120 valence electrons. The van der Waals surface area contributed by atoms with Crippen molar-refractivity contribution in [2.75, 3.05) is 12.4 Å². The molecule has 2 rings (SSSR count). The summed E-state index contributed by atoms with van der Waals surface area (Å²) in [5.41, 5.74) is 1.91. The van der Waals surface area contributed by atoms with E-state index in [4.69, 9.17) is 4.74 Å². The van der Waals surface area contributed by atoms with Crippen LogP contribution in [-0.4, -0.2) is 24.0 Å². The van der Waals surface area contributed by atoms with Crippen molar-refractivity contribution in [2.24, 2.45) is 0 Å². The zero-order valence-electron chi connectivity index (χ0n) is 12.9. The summed E-state index contributed by atoms with van der Waals surface area (Å²) in [5, 5.41) is 14.4. The highest BCUT2D eigenvalue weighted by atomic mass is 16.5. The van der Waals surface area contributed by atoms with Gasteiger partial charge in [0, 0.05) is 17.8 Å². The minimum atomic E-state index is -0.770. The highest BCUT2D eigenvalue weighted by molar-refractivity contribution is 6.39. The SMILES string of the molecule is COc1ccccc1CNC(=O)C(=O)Nc1ccc(O)cc1C. The van der Waals surface area contributed by atoms with Gasteiger partial charge in [-0.25, -0.2) is 0 Å². The Hall–Kier alpha value is -3.02. The van der Waals surface area contributed by atoms with E-state index >= 15 is 0 Å². The number of phenols is 1. The van der Waals surface area contributed by atoms with E-state index in [0.717, 1.165) is 5.56 Å². The highest BCUT2D eigenvalue weighted by Crippen LogP contribution is 2.20. The quantitative estimate of drug-likeness (QED) is 0.595. The second-order valence-corrected chi connectivity index (χ2v) is 4.95. The number of aromatic hydroxyl groups is 1. The summed E-state index contributed by atoms with van der Waals surface area (Å²) in [4.78, 5) is 23.8. The number of methoxy groups -OCH3 is 1. The third kappa shape index (κ3) is 4.23. The first-order valence-electron chi connectivity index (χ1n) is 7.02. The first kappa shape index (κ1) is 16.4. The van der Waals surface area contributed by atoms with E-state index in [1.807, 2.05) is 12.1 Å². The molecule has 0 fully saturated rings.